The van der Waals surface area contributed by atoms with Gasteiger partial charge >= 0.3 is 0 Å². The van der Waals surface area contributed by atoms with E-state index in [4.69, 9.17) is 16.4 Å². The number of hydrogen-bond acceptors (Lipinski definition) is 3. The fourth-order valence-electron chi connectivity index (χ4n) is 0.776. The maximum Gasteiger partial charge on any atom is 0.129 e. The van der Waals surface area contributed by atoms with Crippen LogP contribution in [0.5, 0.6) is 0 Å². The zero-order valence-corrected chi connectivity index (χ0v) is 8.31. The molecule has 1 aliphatic heterocycles. The third kappa shape index (κ3) is 2.25. The Balaban J connectivity index is 2.92. The fraction of sp³-hybridized carbons (Fsp3) is 0.500. The van der Waals surface area contributed by atoms with Crippen molar-refractivity contribution in [2.24, 2.45) is 0 Å². The molecule has 2 rings (SSSR count). The van der Waals surface area contributed by atoms with Crippen LogP contribution in [0.15, 0.2) is 22.7 Å². The Morgan fingerprint density at radius 1 is 1.71 bits per heavy atom. The first-order valence-corrected chi connectivity index (χ1v) is 4.32. The third-order valence-corrected chi connectivity index (χ3v) is 1.73. The maximum absolute atomic E-state index is 10.1. The van der Waals surface area contributed by atoms with Crippen molar-refractivity contribution >= 4 is 21.7 Å². The largest absolute Gasteiger partial charge is 0.393 e. The van der Waals surface area contributed by atoms with Gasteiger partial charge in [0.2, 0.25) is 0 Å². The summed E-state index contributed by atoms with van der Waals surface area (Å²) in [5, 5.41) is 10.1. The minimum absolute atomic E-state index is 0.131. The van der Waals surface area contributed by atoms with E-state index in [9.17, 15) is 5.11 Å². The highest BCUT2D eigenvalue weighted by Crippen LogP contribution is 2.20. The van der Waals surface area contributed by atoms with Crippen LogP contribution in [-0.4, -0.2) is 29.2 Å². The second-order valence-electron chi connectivity index (χ2n) is 2.27. The molecule has 0 bridgehead atoms. The Labute approximate surface area is 109 Å². The van der Waals surface area contributed by atoms with Gasteiger partial charge in [-0.2, -0.15) is 0 Å². The SMILES string of the molecule is [2H]c1nc(N2C([2H])([2H])C([2H])([2H])C([2H])(O)C([2H])([2H])C2([2H])[2H])c([2H])c(Br)c1[2H]. The van der Waals surface area contributed by atoms with Gasteiger partial charge in [0.1, 0.15) is 5.82 Å². The van der Waals surface area contributed by atoms with Crippen LogP contribution in [0.2, 0.25) is 0 Å². The first-order chi connectivity index (χ1) is 11.4. The Morgan fingerprint density at radius 2 is 2.43 bits per heavy atom. The lowest BCUT2D eigenvalue weighted by Crippen LogP contribution is -2.36. The molecule has 0 aromatic carbocycles. The summed E-state index contributed by atoms with van der Waals surface area (Å²) in [5.74, 6) is -0.948. The lowest BCUT2D eigenvalue weighted by molar-refractivity contribution is 0.145. The molecule has 0 aliphatic carbocycles. The van der Waals surface area contributed by atoms with E-state index < -0.39 is 55.9 Å². The molecule has 0 saturated carbocycles. The molecule has 1 aromatic heterocycles. The minimum Gasteiger partial charge on any atom is -0.393 e. The highest BCUT2D eigenvalue weighted by molar-refractivity contribution is 9.10. The van der Waals surface area contributed by atoms with Crippen molar-refractivity contribution in [3.63, 3.8) is 0 Å². The zero-order chi connectivity index (χ0) is 20.7. The molecule has 0 spiro atoms. The summed E-state index contributed by atoms with van der Waals surface area (Å²) >= 11 is 2.82. The first kappa shape index (κ1) is 2.95. The smallest absolute Gasteiger partial charge is 0.129 e. The van der Waals surface area contributed by atoms with Crippen LogP contribution in [0.4, 0.5) is 5.82 Å². The average molecular weight is 269 g/mol. The lowest BCUT2D eigenvalue weighted by Gasteiger charge is -2.30. The van der Waals surface area contributed by atoms with Crippen molar-refractivity contribution in [1.82, 2.24) is 4.98 Å². The third-order valence-electron chi connectivity index (χ3n) is 1.33. The van der Waals surface area contributed by atoms with Crippen LogP contribution in [0.1, 0.15) is 29.2 Å². The molecule has 0 radical (unpaired) electrons. The number of rotatable bonds is 1. The monoisotopic (exact) mass is 268 g/mol. The van der Waals surface area contributed by atoms with E-state index >= 15 is 0 Å². The molecule has 4 heteroatoms. The Morgan fingerprint density at radius 3 is 3.14 bits per heavy atom. The second kappa shape index (κ2) is 4.28. The molecule has 0 amide bonds. The van der Waals surface area contributed by atoms with Gasteiger partial charge in [-0.15, -0.1) is 0 Å². The average Bonchev–Trinajstić information content (AvgIpc) is 2.48. The van der Waals surface area contributed by atoms with Gasteiger partial charge in [-0.3, -0.25) is 0 Å². The van der Waals surface area contributed by atoms with Crippen LogP contribution >= 0.6 is 15.9 Å². The van der Waals surface area contributed by atoms with E-state index in [1.165, 1.54) is 0 Å². The summed E-state index contributed by atoms with van der Waals surface area (Å²) in [6.07, 6.45) is -12.0. The summed E-state index contributed by atoms with van der Waals surface area (Å²) in [6.45, 7) is -7.09. The molecule has 2 heterocycles. The highest BCUT2D eigenvalue weighted by atomic mass is 79.9. The predicted octanol–water partition coefficient (Wildman–Crippen LogP) is 1.81. The van der Waals surface area contributed by atoms with Crippen LogP contribution in [0, 0.1) is 0 Å². The van der Waals surface area contributed by atoms with E-state index in [0.717, 1.165) is 0 Å². The fourth-order valence-corrected chi connectivity index (χ4v) is 1.04. The molecule has 1 N–H and O–H groups in total. The molecule has 1 fully saturated rings. The van der Waals surface area contributed by atoms with E-state index in [1.54, 1.807) is 0 Å². The molecule has 1 saturated heterocycles. The number of anilines is 1. The number of aromatic nitrogens is 1. The lowest BCUT2D eigenvalue weighted by atomic mass is 10.1. The maximum atomic E-state index is 10.1. The predicted molar refractivity (Wildman–Crippen MR) is 59.4 cm³/mol. The summed E-state index contributed by atoms with van der Waals surface area (Å²) in [5.41, 5.74) is 0. The van der Waals surface area contributed by atoms with Gasteiger partial charge in [-0.05, 0) is 24.8 Å². The Kier molecular flexibility index (Phi) is 0.901. The Bertz CT molecular complexity index is 737. The number of aliphatic hydroxyl groups is 1. The van der Waals surface area contributed by atoms with E-state index in [1.807, 2.05) is 0 Å². The van der Waals surface area contributed by atoms with Crippen LogP contribution in [0.25, 0.3) is 0 Å². The van der Waals surface area contributed by atoms with Crippen LogP contribution < -0.4 is 4.90 Å². The normalized spacial score (nSPS) is 47.7. The van der Waals surface area contributed by atoms with Gasteiger partial charge < -0.3 is 10.0 Å². The van der Waals surface area contributed by atoms with Gasteiger partial charge in [0.15, 0.2) is 0 Å². The standard InChI is InChI=1S/C10H13BrN2O/c11-8-1-4-12-10(7-8)13-5-2-9(14)3-6-13/h1,4,7,9,14H,2-3,5-6H2/i1D,2D2,3D2,4D,5D2,6D2,7D,9D. The molecule has 0 atom stereocenters. The highest BCUT2D eigenvalue weighted by Gasteiger charge is 2.17. The number of piperidine rings is 1. The summed E-state index contributed by atoms with van der Waals surface area (Å²) in [7, 11) is 0. The number of halogens is 1. The van der Waals surface area contributed by atoms with Crippen LogP contribution in [0.3, 0.4) is 0 Å². The quantitative estimate of drug-likeness (QED) is 0.844. The summed E-state index contributed by atoms with van der Waals surface area (Å²) < 4.78 is 93.5. The molecule has 0 unspecified atom stereocenters. The van der Waals surface area contributed by atoms with E-state index in [2.05, 4.69) is 20.9 Å². The molecular weight excluding hydrogens is 244 g/mol. The second-order valence-corrected chi connectivity index (χ2v) is 3.06. The number of pyridine rings is 1. The van der Waals surface area contributed by atoms with Crippen molar-refractivity contribution < 1.29 is 21.6 Å². The van der Waals surface area contributed by atoms with E-state index in [-0.39, 0.29) is 9.37 Å². The van der Waals surface area contributed by atoms with Gasteiger partial charge in [0, 0.05) is 34.6 Å². The molecule has 1 aliphatic rings. The van der Waals surface area contributed by atoms with Crippen molar-refractivity contribution in [2.75, 3.05) is 17.9 Å². The van der Waals surface area contributed by atoms with Gasteiger partial charge in [0.05, 0.1) is 11.6 Å². The van der Waals surface area contributed by atoms with Crippen LogP contribution in [-0.2, 0) is 0 Å². The van der Waals surface area contributed by atoms with E-state index in [0.29, 0.717) is 0 Å². The molecular formula is C10H13BrN2O. The van der Waals surface area contributed by atoms with Gasteiger partial charge in [-0.1, -0.05) is 15.9 Å². The van der Waals surface area contributed by atoms with Crippen molar-refractivity contribution in [2.45, 2.75) is 18.8 Å². The number of nitrogens with zero attached hydrogens (tertiary/aromatic N) is 2. The van der Waals surface area contributed by atoms with Gasteiger partial charge in [-0.25, -0.2) is 4.98 Å². The molecule has 76 valence electrons. The topological polar surface area (TPSA) is 36.4 Å². The first-order valence-electron chi connectivity index (χ1n) is 9.53. The van der Waals surface area contributed by atoms with Crippen molar-refractivity contribution in [3.05, 3.63) is 22.7 Å². The van der Waals surface area contributed by atoms with Crippen molar-refractivity contribution in [3.8, 4) is 0 Å². The molecule has 1 aromatic rings. The Hall–Kier alpha value is -0.610. The number of hydrogen-bond donors (Lipinski definition) is 1. The molecule has 3 nitrogen and oxygen atoms in total. The summed E-state index contributed by atoms with van der Waals surface area (Å²) in [4.78, 5) is 3.33. The van der Waals surface area contributed by atoms with Gasteiger partial charge in [0.25, 0.3) is 0 Å². The zero-order valence-electron chi connectivity index (χ0n) is 18.7. The molecule has 14 heavy (non-hydrogen) atoms. The summed E-state index contributed by atoms with van der Waals surface area (Å²) in [6, 6.07) is -1.33. The van der Waals surface area contributed by atoms with Crippen molar-refractivity contribution in [1.29, 1.82) is 0 Å². The minimum atomic E-state index is -3.83.